The van der Waals surface area contributed by atoms with Crippen molar-refractivity contribution < 1.29 is 0 Å². The molecule has 1 aromatic heterocycles. The molecule has 2 aromatic rings. The number of fused-ring (bicyclic) bond motifs is 1. The van der Waals surface area contributed by atoms with E-state index < -0.39 is 0 Å². The van der Waals surface area contributed by atoms with E-state index in [0.717, 1.165) is 56.5 Å². The lowest BCUT2D eigenvalue weighted by molar-refractivity contribution is 0.527. The molecule has 6 nitrogen and oxygen atoms in total. The monoisotopic (exact) mass is 336 g/mol. The van der Waals surface area contributed by atoms with Crippen molar-refractivity contribution in [3.05, 3.63) is 41.6 Å². The molecule has 1 aromatic carbocycles. The molecular weight excluding hydrogens is 312 g/mol. The molecule has 1 unspecified atom stereocenters. The highest BCUT2D eigenvalue weighted by atomic mass is 15.3. The number of nitrogens with zero attached hydrogens (tertiary/aromatic N) is 4. The Kier molecular flexibility index (Phi) is 4.61. The van der Waals surface area contributed by atoms with E-state index in [1.165, 1.54) is 11.1 Å². The van der Waals surface area contributed by atoms with Gasteiger partial charge < -0.3 is 15.5 Å². The summed E-state index contributed by atoms with van der Waals surface area (Å²) in [5.74, 6) is 1.63. The van der Waals surface area contributed by atoms with Crippen molar-refractivity contribution >= 4 is 23.7 Å². The van der Waals surface area contributed by atoms with E-state index in [2.05, 4.69) is 50.6 Å². The fourth-order valence-electron chi connectivity index (χ4n) is 3.35. The third-order valence-corrected chi connectivity index (χ3v) is 4.81. The van der Waals surface area contributed by atoms with Crippen LogP contribution in [0.15, 0.2) is 35.5 Å². The number of hydrogen-bond donors (Lipinski definition) is 2. The second kappa shape index (κ2) is 7.19. The molecule has 2 N–H and O–H groups in total. The summed E-state index contributed by atoms with van der Waals surface area (Å²) in [6.45, 7) is 6.01. The van der Waals surface area contributed by atoms with Gasteiger partial charge >= 0.3 is 0 Å². The van der Waals surface area contributed by atoms with E-state index in [1.807, 2.05) is 18.5 Å². The van der Waals surface area contributed by atoms with Gasteiger partial charge in [0.05, 0.1) is 6.54 Å². The van der Waals surface area contributed by atoms with Gasteiger partial charge in [0, 0.05) is 37.2 Å². The van der Waals surface area contributed by atoms with Gasteiger partial charge in [-0.15, -0.1) is 0 Å². The number of rotatable bonds is 4. The Balaban J connectivity index is 1.52. The zero-order valence-electron chi connectivity index (χ0n) is 14.6. The largest absolute Gasteiger partial charge is 0.340 e. The highest BCUT2D eigenvalue weighted by Crippen LogP contribution is 2.22. The molecular formula is C19H24N6. The summed E-state index contributed by atoms with van der Waals surface area (Å²) < 4.78 is 0. The second-order valence-corrected chi connectivity index (χ2v) is 6.61. The summed E-state index contributed by atoms with van der Waals surface area (Å²) in [6, 6.07) is 8.74. The Hall–Kier alpha value is -2.47. The van der Waals surface area contributed by atoms with E-state index >= 15 is 0 Å². The molecule has 0 bridgehead atoms. The zero-order valence-corrected chi connectivity index (χ0v) is 14.6. The third kappa shape index (κ3) is 3.64. The Morgan fingerprint density at radius 1 is 1.32 bits per heavy atom. The van der Waals surface area contributed by atoms with Crippen LogP contribution in [0.4, 0.5) is 17.5 Å². The molecule has 6 heteroatoms. The van der Waals surface area contributed by atoms with Crippen LogP contribution in [0.25, 0.3) is 0 Å². The number of anilines is 3. The quantitative estimate of drug-likeness (QED) is 0.899. The van der Waals surface area contributed by atoms with Crippen LogP contribution < -0.4 is 15.5 Å². The predicted molar refractivity (Wildman–Crippen MR) is 102 cm³/mol. The molecule has 0 amide bonds. The van der Waals surface area contributed by atoms with E-state index in [9.17, 15) is 0 Å². The Labute approximate surface area is 148 Å². The van der Waals surface area contributed by atoms with Crippen LogP contribution in [0, 0.1) is 0 Å². The minimum Gasteiger partial charge on any atom is -0.340 e. The van der Waals surface area contributed by atoms with Crippen molar-refractivity contribution in [3.8, 4) is 0 Å². The maximum atomic E-state index is 4.74. The fourth-order valence-corrected chi connectivity index (χ4v) is 3.35. The maximum absolute atomic E-state index is 4.74. The van der Waals surface area contributed by atoms with Crippen LogP contribution in [0.3, 0.4) is 0 Å². The van der Waals surface area contributed by atoms with Gasteiger partial charge in [0.25, 0.3) is 0 Å². The minimum atomic E-state index is 0.499. The average Bonchev–Trinajstić information content (AvgIpc) is 2.97. The van der Waals surface area contributed by atoms with Gasteiger partial charge in [-0.25, -0.2) is 4.98 Å². The first kappa shape index (κ1) is 16.0. The molecule has 0 spiro atoms. The van der Waals surface area contributed by atoms with Crippen LogP contribution >= 0.6 is 0 Å². The standard InChI is InChI=1S/C19H24N6/c1-2-16-13-25(9-3-7-21-16)19-22-8-6-18(24-19)23-17-5-4-14-11-20-12-15(14)10-17/h4-6,8,10,12,16,21H,2-3,7,9,11,13H2,1H3,(H,22,23,24). The summed E-state index contributed by atoms with van der Waals surface area (Å²) in [5, 5.41) is 6.98. The van der Waals surface area contributed by atoms with Gasteiger partial charge in [-0.2, -0.15) is 4.98 Å². The summed E-state index contributed by atoms with van der Waals surface area (Å²) in [4.78, 5) is 15.8. The zero-order chi connectivity index (χ0) is 17.1. The Morgan fingerprint density at radius 3 is 3.20 bits per heavy atom. The molecule has 2 aliphatic rings. The number of hydrogen-bond acceptors (Lipinski definition) is 6. The first-order valence-corrected chi connectivity index (χ1v) is 9.03. The van der Waals surface area contributed by atoms with Crippen LogP contribution in [-0.2, 0) is 6.54 Å². The Bertz CT molecular complexity index is 772. The van der Waals surface area contributed by atoms with E-state index in [4.69, 9.17) is 4.98 Å². The molecule has 1 saturated heterocycles. The lowest BCUT2D eigenvalue weighted by Crippen LogP contribution is -2.37. The number of aliphatic imine (C=N–C) groups is 1. The van der Waals surface area contributed by atoms with Crippen molar-refractivity contribution in [1.29, 1.82) is 0 Å². The molecule has 0 aliphatic carbocycles. The lowest BCUT2D eigenvalue weighted by Gasteiger charge is -2.24. The number of nitrogens with one attached hydrogen (secondary N) is 2. The summed E-state index contributed by atoms with van der Waals surface area (Å²) in [5.41, 5.74) is 3.49. The van der Waals surface area contributed by atoms with Gasteiger partial charge in [-0.1, -0.05) is 13.0 Å². The predicted octanol–water partition coefficient (Wildman–Crippen LogP) is 2.73. The molecule has 4 rings (SSSR count). The molecule has 1 atom stereocenters. The molecule has 25 heavy (non-hydrogen) atoms. The second-order valence-electron chi connectivity index (χ2n) is 6.61. The number of benzene rings is 1. The normalized spacial score (nSPS) is 19.6. The van der Waals surface area contributed by atoms with E-state index in [0.29, 0.717) is 6.04 Å². The van der Waals surface area contributed by atoms with Crippen molar-refractivity contribution in [3.63, 3.8) is 0 Å². The van der Waals surface area contributed by atoms with E-state index in [-0.39, 0.29) is 0 Å². The first-order valence-electron chi connectivity index (χ1n) is 9.03. The highest BCUT2D eigenvalue weighted by molar-refractivity contribution is 5.86. The minimum absolute atomic E-state index is 0.499. The van der Waals surface area contributed by atoms with Gasteiger partial charge in [0.2, 0.25) is 5.95 Å². The number of aromatic nitrogens is 2. The van der Waals surface area contributed by atoms with Gasteiger partial charge in [0.1, 0.15) is 5.82 Å². The van der Waals surface area contributed by atoms with Gasteiger partial charge in [-0.3, -0.25) is 4.99 Å². The molecule has 3 heterocycles. The fraction of sp³-hybridized carbons (Fsp3) is 0.421. The summed E-state index contributed by atoms with van der Waals surface area (Å²) >= 11 is 0. The van der Waals surface area contributed by atoms with Crippen LogP contribution in [0.2, 0.25) is 0 Å². The first-order chi connectivity index (χ1) is 12.3. The SMILES string of the molecule is CCC1CN(c2nccc(Nc3ccc4c(c3)C=NC4)n2)CCCN1. The average molecular weight is 336 g/mol. The van der Waals surface area contributed by atoms with Gasteiger partial charge in [-0.05, 0) is 48.7 Å². The molecule has 0 saturated carbocycles. The van der Waals surface area contributed by atoms with Crippen LogP contribution in [0.1, 0.15) is 30.9 Å². The summed E-state index contributed by atoms with van der Waals surface area (Å²) in [6.07, 6.45) is 5.99. The molecule has 130 valence electrons. The van der Waals surface area contributed by atoms with Gasteiger partial charge in [0.15, 0.2) is 0 Å². The highest BCUT2D eigenvalue weighted by Gasteiger charge is 2.18. The smallest absolute Gasteiger partial charge is 0.227 e. The lowest BCUT2D eigenvalue weighted by atomic mass is 10.1. The van der Waals surface area contributed by atoms with Crippen LogP contribution in [-0.4, -0.2) is 41.9 Å². The third-order valence-electron chi connectivity index (χ3n) is 4.81. The van der Waals surface area contributed by atoms with E-state index in [1.54, 1.807) is 0 Å². The summed E-state index contributed by atoms with van der Waals surface area (Å²) in [7, 11) is 0. The van der Waals surface area contributed by atoms with Crippen molar-refractivity contribution in [2.45, 2.75) is 32.4 Å². The molecule has 0 radical (unpaired) electrons. The van der Waals surface area contributed by atoms with Crippen molar-refractivity contribution in [2.24, 2.45) is 4.99 Å². The molecule has 1 fully saturated rings. The Morgan fingerprint density at radius 2 is 2.28 bits per heavy atom. The van der Waals surface area contributed by atoms with Crippen molar-refractivity contribution in [2.75, 3.05) is 29.9 Å². The maximum Gasteiger partial charge on any atom is 0.227 e. The van der Waals surface area contributed by atoms with Crippen molar-refractivity contribution in [1.82, 2.24) is 15.3 Å². The molecule has 2 aliphatic heterocycles. The topological polar surface area (TPSA) is 65.4 Å². The van der Waals surface area contributed by atoms with Crippen LogP contribution in [0.5, 0.6) is 0 Å².